The third-order valence-corrected chi connectivity index (χ3v) is 7.04. The highest BCUT2D eigenvalue weighted by molar-refractivity contribution is 6.89. The molecule has 2 heteroatoms. The molecular weight excluding hydrogens is 366 g/mol. The molecule has 0 aliphatic carbocycles. The van der Waals surface area contributed by atoms with Gasteiger partial charge in [0, 0.05) is 14.5 Å². The van der Waals surface area contributed by atoms with Gasteiger partial charge in [-0.2, -0.15) is 0 Å². The predicted octanol–water partition coefficient (Wildman–Crippen LogP) is 6.55. The Labute approximate surface area is 177 Å². The molecule has 1 aromatic heterocycles. The van der Waals surface area contributed by atoms with Crippen LogP contribution in [-0.2, 0) is 6.37 Å². The van der Waals surface area contributed by atoms with E-state index in [1.165, 1.54) is 0 Å². The van der Waals surface area contributed by atoms with Crippen LogP contribution >= 0.6 is 0 Å². The van der Waals surface area contributed by atoms with Gasteiger partial charge < -0.3 is 0 Å². The Morgan fingerprint density at radius 2 is 1.34 bits per heavy atom. The average Bonchev–Trinajstić information content (AvgIpc) is 2.79. The van der Waals surface area contributed by atoms with E-state index in [0.717, 1.165) is 33.1 Å². The van der Waals surface area contributed by atoms with Crippen LogP contribution in [0.2, 0.25) is 19.6 Å². The fraction of sp³-hybridized carbons (Fsp3) is 0.148. The van der Waals surface area contributed by atoms with Crippen LogP contribution in [-0.4, -0.2) is 13.1 Å². The average molecular weight is 396 g/mol. The molecule has 0 aliphatic rings. The molecule has 0 saturated carbocycles. The van der Waals surface area contributed by atoms with E-state index < -0.39 is 14.4 Å². The van der Waals surface area contributed by atoms with Crippen molar-refractivity contribution in [3.8, 4) is 22.4 Å². The minimum atomic E-state index is -1.81. The van der Waals surface area contributed by atoms with Crippen LogP contribution in [0.5, 0.6) is 0 Å². The van der Waals surface area contributed by atoms with E-state index in [9.17, 15) is 0 Å². The van der Waals surface area contributed by atoms with E-state index in [0.29, 0.717) is 5.56 Å². The van der Waals surface area contributed by atoms with E-state index in [4.69, 9.17) is 7.73 Å². The SMILES string of the molecule is [2H]C([2H])(c1ccccc1)c1cc(-c2cccc(-c3ccccc3)c2)ncc1[Si](C)(C)C. The Kier molecular flexibility index (Phi) is 4.78. The van der Waals surface area contributed by atoms with Gasteiger partial charge >= 0.3 is 0 Å². The van der Waals surface area contributed by atoms with Crippen LogP contribution in [0.1, 0.15) is 13.9 Å². The lowest BCUT2D eigenvalue weighted by molar-refractivity contribution is 1.18. The second kappa shape index (κ2) is 8.18. The Balaban J connectivity index is 1.86. The number of pyridine rings is 1. The second-order valence-corrected chi connectivity index (χ2v) is 13.3. The van der Waals surface area contributed by atoms with Gasteiger partial charge in [-0.3, -0.25) is 4.98 Å². The summed E-state index contributed by atoms with van der Waals surface area (Å²) in [4.78, 5) is 4.79. The topological polar surface area (TPSA) is 12.9 Å². The zero-order chi connectivity index (χ0) is 22.1. The first kappa shape index (κ1) is 16.9. The molecule has 1 nitrogen and oxygen atoms in total. The Morgan fingerprint density at radius 3 is 2.03 bits per heavy atom. The van der Waals surface area contributed by atoms with Crippen molar-refractivity contribution in [2.75, 3.05) is 0 Å². The van der Waals surface area contributed by atoms with Crippen molar-refractivity contribution in [1.29, 1.82) is 0 Å². The summed E-state index contributed by atoms with van der Waals surface area (Å²) < 4.78 is 18.1. The zero-order valence-electron chi connectivity index (χ0n) is 19.2. The van der Waals surface area contributed by atoms with E-state index in [-0.39, 0.29) is 0 Å². The monoisotopic (exact) mass is 395 g/mol. The lowest BCUT2D eigenvalue weighted by Crippen LogP contribution is -2.40. The van der Waals surface area contributed by atoms with Crippen molar-refractivity contribution in [1.82, 2.24) is 4.98 Å². The van der Waals surface area contributed by atoms with Crippen molar-refractivity contribution >= 4 is 13.3 Å². The van der Waals surface area contributed by atoms with Crippen LogP contribution in [0.15, 0.2) is 97.2 Å². The van der Waals surface area contributed by atoms with Crippen molar-refractivity contribution in [3.05, 3.63) is 108 Å². The standard InChI is InChI=1S/C27H27NSi/c1-29(2,3)27-20-28-26(19-25(27)17-21-11-6-4-7-12-21)24-16-10-15-23(18-24)22-13-8-5-9-14-22/h4-16,18-20H,17H2,1-3H3/i17D2. The number of nitrogens with zero attached hydrogens (tertiary/aromatic N) is 1. The Hall–Kier alpha value is -2.97. The third-order valence-electron chi connectivity index (χ3n) is 5.03. The molecule has 0 unspecified atom stereocenters. The van der Waals surface area contributed by atoms with Gasteiger partial charge in [0.15, 0.2) is 0 Å². The van der Waals surface area contributed by atoms with E-state index in [2.05, 4.69) is 43.9 Å². The molecule has 0 radical (unpaired) electrons. The van der Waals surface area contributed by atoms with Gasteiger partial charge in [0.2, 0.25) is 0 Å². The normalized spacial score (nSPS) is 12.9. The van der Waals surface area contributed by atoms with Gasteiger partial charge in [-0.05, 0) is 45.9 Å². The van der Waals surface area contributed by atoms with Crippen molar-refractivity contribution in [2.45, 2.75) is 26.0 Å². The highest BCUT2D eigenvalue weighted by Gasteiger charge is 2.21. The number of rotatable bonds is 5. The van der Waals surface area contributed by atoms with Crippen LogP contribution in [0.25, 0.3) is 22.4 Å². The van der Waals surface area contributed by atoms with E-state index in [1.807, 2.05) is 72.9 Å². The maximum atomic E-state index is 9.03. The molecule has 1 heterocycles. The minimum absolute atomic E-state index is 0.671. The van der Waals surface area contributed by atoms with E-state index in [1.54, 1.807) is 0 Å². The summed E-state index contributed by atoms with van der Waals surface area (Å²) in [5, 5.41) is 1.06. The maximum Gasteiger partial charge on any atom is 0.0799 e. The summed E-state index contributed by atoms with van der Waals surface area (Å²) in [5.41, 5.74) is 5.48. The summed E-state index contributed by atoms with van der Waals surface area (Å²) >= 11 is 0. The molecule has 0 N–H and O–H groups in total. The van der Waals surface area contributed by atoms with Gasteiger partial charge in [0.25, 0.3) is 0 Å². The summed E-state index contributed by atoms with van der Waals surface area (Å²) in [6.45, 7) is 6.72. The maximum absolute atomic E-state index is 9.03. The lowest BCUT2D eigenvalue weighted by Gasteiger charge is -2.21. The number of aromatic nitrogens is 1. The Bertz CT molecular complexity index is 1180. The molecule has 0 fully saturated rings. The third kappa shape index (κ3) is 4.55. The molecule has 0 bridgehead atoms. The van der Waals surface area contributed by atoms with Gasteiger partial charge in [-0.1, -0.05) is 98.5 Å². The summed E-state index contributed by atoms with van der Waals surface area (Å²) in [7, 11) is -1.81. The van der Waals surface area contributed by atoms with Crippen LogP contribution in [0.4, 0.5) is 0 Å². The molecule has 0 atom stereocenters. The molecule has 29 heavy (non-hydrogen) atoms. The molecule has 4 aromatic rings. The number of hydrogen-bond acceptors (Lipinski definition) is 1. The van der Waals surface area contributed by atoms with Gasteiger partial charge in [-0.25, -0.2) is 0 Å². The number of benzene rings is 3. The van der Waals surface area contributed by atoms with Crippen molar-refractivity contribution in [3.63, 3.8) is 0 Å². The van der Waals surface area contributed by atoms with Crippen LogP contribution < -0.4 is 5.19 Å². The number of hydrogen-bond donors (Lipinski definition) is 0. The second-order valence-electron chi connectivity index (χ2n) is 8.30. The van der Waals surface area contributed by atoms with E-state index >= 15 is 0 Å². The van der Waals surface area contributed by atoms with Gasteiger partial charge in [-0.15, -0.1) is 0 Å². The summed E-state index contributed by atoms with van der Waals surface area (Å²) in [6, 6.07) is 30.0. The van der Waals surface area contributed by atoms with Crippen molar-refractivity contribution in [2.24, 2.45) is 0 Å². The highest BCUT2D eigenvalue weighted by atomic mass is 28.3. The Morgan fingerprint density at radius 1 is 0.724 bits per heavy atom. The first-order valence-electron chi connectivity index (χ1n) is 11.0. The first-order valence-corrected chi connectivity index (χ1v) is 13.5. The minimum Gasteiger partial charge on any atom is -0.256 e. The highest BCUT2D eigenvalue weighted by Crippen LogP contribution is 2.26. The largest absolute Gasteiger partial charge is 0.256 e. The fourth-order valence-electron chi connectivity index (χ4n) is 3.48. The summed E-state index contributed by atoms with van der Waals surface area (Å²) in [6.07, 6.45) is 0.318. The summed E-state index contributed by atoms with van der Waals surface area (Å²) in [5.74, 6) is 0. The molecule has 0 aliphatic heterocycles. The molecule has 0 saturated heterocycles. The molecular formula is C27H27NSi. The quantitative estimate of drug-likeness (QED) is 0.349. The fourth-order valence-corrected chi connectivity index (χ4v) is 4.87. The predicted molar refractivity (Wildman–Crippen MR) is 127 cm³/mol. The van der Waals surface area contributed by atoms with Gasteiger partial charge in [0.1, 0.15) is 0 Å². The molecule has 0 spiro atoms. The van der Waals surface area contributed by atoms with Gasteiger partial charge in [0.05, 0.1) is 13.8 Å². The molecule has 3 aromatic carbocycles. The van der Waals surface area contributed by atoms with Crippen LogP contribution in [0.3, 0.4) is 0 Å². The van der Waals surface area contributed by atoms with Crippen molar-refractivity contribution < 1.29 is 2.74 Å². The zero-order valence-corrected chi connectivity index (χ0v) is 18.2. The molecule has 0 amide bonds. The molecule has 4 rings (SSSR count). The van der Waals surface area contributed by atoms with Crippen LogP contribution in [0, 0.1) is 0 Å². The smallest absolute Gasteiger partial charge is 0.0799 e. The lowest BCUT2D eigenvalue weighted by atomic mass is 9.99. The first-order chi connectivity index (χ1) is 14.8. The molecule has 144 valence electrons.